The zero-order valence-corrected chi connectivity index (χ0v) is 10.0. The fourth-order valence-corrected chi connectivity index (χ4v) is 1.50. The highest BCUT2D eigenvalue weighted by Gasteiger charge is 2.48. The molecule has 0 aliphatic rings. The van der Waals surface area contributed by atoms with Crippen LogP contribution in [-0.4, -0.2) is 18.5 Å². The van der Waals surface area contributed by atoms with Gasteiger partial charge < -0.3 is 10.5 Å². The molecule has 0 amide bonds. The fourth-order valence-electron chi connectivity index (χ4n) is 1.50. The average Bonchev–Trinajstić information content (AvgIpc) is 2.31. The molecule has 0 saturated heterocycles. The van der Waals surface area contributed by atoms with Crippen molar-refractivity contribution in [2.24, 2.45) is 5.73 Å². The highest BCUT2D eigenvalue weighted by molar-refractivity contribution is 5.79. The number of alkyl halides is 2. The van der Waals surface area contributed by atoms with Crippen LogP contribution in [0.3, 0.4) is 0 Å². The average molecular weight is 261 g/mol. The van der Waals surface area contributed by atoms with Gasteiger partial charge in [-0.05, 0) is 37.1 Å². The summed E-state index contributed by atoms with van der Waals surface area (Å²) in [6.45, 7) is 2.74. The lowest BCUT2D eigenvalue weighted by atomic mass is 9.97. The number of ether oxygens (including phenoxy) is 1. The number of halogens is 3. The quantitative estimate of drug-likeness (QED) is 0.846. The molecule has 0 unspecified atom stereocenters. The van der Waals surface area contributed by atoms with E-state index in [-0.39, 0.29) is 12.2 Å². The zero-order valence-electron chi connectivity index (χ0n) is 10.0. The van der Waals surface area contributed by atoms with Crippen molar-refractivity contribution in [3.05, 3.63) is 35.1 Å². The van der Waals surface area contributed by atoms with Gasteiger partial charge in [-0.2, -0.15) is 8.78 Å². The van der Waals surface area contributed by atoms with E-state index in [0.29, 0.717) is 5.56 Å². The Morgan fingerprint density at radius 3 is 2.67 bits per heavy atom. The molecule has 0 radical (unpaired) electrons. The van der Waals surface area contributed by atoms with E-state index < -0.39 is 23.8 Å². The minimum absolute atomic E-state index is 0.118. The fraction of sp³-hybridized carbons (Fsp3) is 0.417. The summed E-state index contributed by atoms with van der Waals surface area (Å²) in [6.07, 6.45) is 0. The predicted molar refractivity (Wildman–Crippen MR) is 59.6 cm³/mol. The molecule has 0 aliphatic heterocycles. The molecule has 1 aromatic rings. The lowest BCUT2D eigenvalue weighted by molar-refractivity contribution is -0.174. The molecule has 0 bridgehead atoms. The Balaban J connectivity index is 3.08. The van der Waals surface area contributed by atoms with Crippen LogP contribution in [0.4, 0.5) is 13.2 Å². The number of aryl methyl sites for hydroxylation is 1. The van der Waals surface area contributed by atoms with Gasteiger partial charge in [-0.3, -0.25) is 0 Å². The largest absolute Gasteiger partial charge is 0.462 e. The van der Waals surface area contributed by atoms with Crippen LogP contribution in [0.15, 0.2) is 18.2 Å². The van der Waals surface area contributed by atoms with Gasteiger partial charge in [0.1, 0.15) is 11.9 Å². The van der Waals surface area contributed by atoms with E-state index >= 15 is 0 Å². The second kappa shape index (κ2) is 5.39. The number of carbonyl (C=O) groups excluding carboxylic acids is 1. The van der Waals surface area contributed by atoms with Gasteiger partial charge in [-0.25, -0.2) is 9.18 Å². The van der Waals surface area contributed by atoms with E-state index in [4.69, 9.17) is 5.73 Å². The van der Waals surface area contributed by atoms with E-state index in [1.165, 1.54) is 19.9 Å². The molecule has 1 rings (SSSR count). The van der Waals surface area contributed by atoms with E-state index in [1.54, 1.807) is 0 Å². The first-order valence-corrected chi connectivity index (χ1v) is 5.37. The summed E-state index contributed by atoms with van der Waals surface area (Å²) < 4.78 is 44.6. The maximum absolute atomic E-state index is 13.7. The Hall–Kier alpha value is -1.56. The Kier molecular flexibility index (Phi) is 4.34. The normalized spacial score (nSPS) is 13.2. The second-order valence-electron chi connectivity index (χ2n) is 3.82. The molecular formula is C12H14F3NO2. The van der Waals surface area contributed by atoms with Crippen LogP contribution in [0.2, 0.25) is 0 Å². The molecule has 0 aliphatic carbocycles. The van der Waals surface area contributed by atoms with Crippen molar-refractivity contribution in [2.75, 3.05) is 6.61 Å². The third-order valence-corrected chi connectivity index (χ3v) is 2.51. The first-order valence-electron chi connectivity index (χ1n) is 5.37. The summed E-state index contributed by atoms with van der Waals surface area (Å²) in [4.78, 5) is 11.1. The third-order valence-electron chi connectivity index (χ3n) is 2.51. The molecule has 0 saturated carbocycles. The summed E-state index contributed by atoms with van der Waals surface area (Å²) in [5.41, 5.74) is 5.62. The van der Waals surface area contributed by atoms with Crippen molar-refractivity contribution in [2.45, 2.75) is 25.8 Å². The first kappa shape index (κ1) is 14.5. The third kappa shape index (κ3) is 2.81. The van der Waals surface area contributed by atoms with Crippen molar-refractivity contribution in [1.29, 1.82) is 0 Å². The Labute approximate surface area is 103 Å². The van der Waals surface area contributed by atoms with Crippen molar-refractivity contribution in [3.63, 3.8) is 0 Å². The van der Waals surface area contributed by atoms with Gasteiger partial charge in [0.2, 0.25) is 0 Å². The van der Waals surface area contributed by atoms with Gasteiger partial charge in [0, 0.05) is 0 Å². The van der Waals surface area contributed by atoms with Crippen molar-refractivity contribution < 1.29 is 22.7 Å². The molecular weight excluding hydrogens is 247 g/mol. The molecule has 2 N–H and O–H groups in total. The van der Waals surface area contributed by atoms with E-state index in [1.807, 2.05) is 0 Å². The van der Waals surface area contributed by atoms with Gasteiger partial charge in [0.15, 0.2) is 0 Å². The zero-order chi connectivity index (χ0) is 13.9. The standard InChI is InChI=1S/C12H14F3NO2/c1-3-18-11(17)12(14,15)10(16)9-6-8(13)5-4-7(9)2/h4-6,10H,3,16H2,1-2H3/t10-/m1/s1. The van der Waals surface area contributed by atoms with E-state index in [2.05, 4.69) is 4.74 Å². The number of carbonyl (C=O) groups is 1. The van der Waals surface area contributed by atoms with Gasteiger partial charge in [0.25, 0.3) is 0 Å². The molecule has 6 heteroatoms. The minimum atomic E-state index is -3.89. The van der Waals surface area contributed by atoms with Gasteiger partial charge in [0.05, 0.1) is 6.61 Å². The van der Waals surface area contributed by atoms with Crippen LogP contribution in [0.5, 0.6) is 0 Å². The Morgan fingerprint density at radius 2 is 2.11 bits per heavy atom. The topological polar surface area (TPSA) is 52.3 Å². The van der Waals surface area contributed by atoms with Crippen LogP contribution in [0.1, 0.15) is 24.1 Å². The highest BCUT2D eigenvalue weighted by atomic mass is 19.3. The van der Waals surface area contributed by atoms with Crippen LogP contribution in [0.25, 0.3) is 0 Å². The van der Waals surface area contributed by atoms with Crippen LogP contribution in [-0.2, 0) is 9.53 Å². The number of hydrogen-bond acceptors (Lipinski definition) is 3. The van der Waals surface area contributed by atoms with Crippen LogP contribution >= 0.6 is 0 Å². The molecule has 0 spiro atoms. The monoisotopic (exact) mass is 261 g/mol. The molecule has 3 nitrogen and oxygen atoms in total. The van der Waals surface area contributed by atoms with Crippen LogP contribution in [0, 0.1) is 12.7 Å². The number of nitrogens with two attached hydrogens (primary N) is 1. The summed E-state index contributed by atoms with van der Waals surface area (Å²) in [6, 6.07) is 1.42. The van der Waals surface area contributed by atoms with Crippen molar-refractivity contribution in [1.82, 2.24) is 0 Å². The predicted octanol–water partition coefficient (Wildman–Crippen LogP) is 2.33. The summed E-state index contributed by atoms with van der Waals surface area (Å²) in [7, 11) is 0. The SMILES string of the molecule is CCOC(=O)C(F)(F)[C@H](N)c1cc(F)ccc1C. The molecule has 0 fully saturated rings. The van der Waals surface area contributed by atoms with Crippen LogP contribution < -0.4 is 5.73 Å². The Morgan fingerprint density at radius 1 is 1.50 bits per heavy atom. The van der Waals surface area contributed by atoms with Crippen molar-refractivity contribution >= 4 is 5.97 Å². The summed E-state index contributed by atoms with van der Waals surface area (Å²) in [5, 5.41) is 0. The molecule has 0 aromatic heterocycles. The highest BCUT2D eigenvalue weighted by Crippen LogP contribution is 2.32. The maximum Gasteiger partial charge on any atom is 0.379 e. The summed E-state index contributed by atoms with van der Waals surface area (Å²) >= 11 is 0. The van der Waals surface area contributed by atoms with Gasteiger partial charge >= 0.3 is 11.9 Å². The number of rotatable bonds is 4. The molecule has 1 aromatic carbocycles. The Bertz CT molecular complexity index is 449. The maximum atomic E-state index is 13.7. The molecule has 1 atom stereocenters. The summed E-state index contributed by atoms with van der Waals surface area (Å²) in [5.74, 6) is -6.29. The molecule has 100 valence electrons. The minimum Gasteiger partial charge on any atom is -0.462 e. The van der Waals surface area contributed by atoms with Crippen molar-refractivity contribution in [3.8, 4) is 0 Å². The van der Waals surface area contributed by atoms with Gasteiger partial charge in [-0.15, -0.1) is 0 Å². The lowest BCUT2D eigenvalue weighted by Gasteiger charge is -2.23. The second-order valence-corrected chi connectivity index (χ2v) is 3.82. The van der Waals surface area contributed by atoms with E-state index in [9.17, 15) is 18.0 Å². The van der Waals surface area contributed by atoms with E-state index in [0.717, 1.165) is 12.1 Å². The first-order chi connectivity index (χ1) is 8.30. The number of benzene rings is 1. The van der Waals surface area contributed by atoms with Gasteiger partial charge in [-0.1, -0.05) is 6.07 Å². The number of esters is 1. The number of hydrogen-bond donors (Lipinski definition) is 1. The molecule has 0 heterocycles. The lowest BCUT2D eigenvalue weighted by Crippen LogP contribution is -2.42. The smallest absolute Gasteiger partial charge is 0.379 e. The molecule has 18 heavy (non-hydrogen) atoms.